The van der Waals surface area contributed by atoms with Crippen LogP contribution in [0.15, 0.2) is 76.7 Å². The molecule has 6 heteroatoms. The Kier molecular flexibility index (Phi) is 5.27. The summed E-state index contributed by atoms with van der Waals surface area (Å²) in [5.74, 6) is 0.218. The molecule has 0 radical (unpaired) electrons. The van der Waals surface area contributed by atoms with Crippen molar-refractivity contribution in [2.45, 2.75) is 36.6 Å². The zero-order valence-electron chi connectivity index (χ0n) is 17.9. The number of benzene rings is 3. The zero-order chi connectivity index (χ0) is 22.4. The van der Waals surface area contributed by atoms with Crippen LogP contribution >= 0.6 is 23.1 Å². The molecule has 164 valence electrons. The van der Waals surface area contributed by atoms with E-state index in [9.17, 15) is 9.18 Å². The summed E-state index contributed by atoms with van der Waals surface area (Å²) >= 11 is 3.11. The Labute approximate surface area is 198 Å². The van der Waals surface area contributed by atoms with Gasteiger partial charge in [0.1, 0.15) is 10.6 Å². The van der Waals surface area contributed by atoms with E-state index in [0.29, 0.717) is 16.3 Å². The summed E-state index contributed by atoms with van der Waals surface area (Å²) in [6.45, 7) is 0. The molecular formula is C27H21FN2OS2. The number of para-hydroxylation sites is 1. The van der Waals surface area contributed by atoms with E-state index in [1.165, 1.54) is 38.0 Å². The standard InChI is InChI=1S/C27H21FN2OS2/c28-21-13-4-5-14-22(21)30-26(31)24-20-12-3-6-15-23(20)33-25(24)29-27(30)32-16-18-10-7-9-17-8-1-2-11-19(17)18/h1-2,4-5,7-11,13-14H,3,6,12,15-16H2. The Morgan fingerprint density at radius 3 is 2.67 bits per heavy atom. The first-order chi connectivity index (χ1) is 16.2. The van der Waals surface area contributed by atoms with E-state index in [1.54, 1.807) is 29.5 Å². The van der Waals surface area contributed by atoms with Gasteiger partial charge in [-0.3, -0.25) is 9.36 Å². The van der Waals surface area contributed by atoms with Crippen molar-refractivity contribution in [2.75, 3.05) is 0 Å². The highest BCUT2D eigenvalue weighted by Crippen LogP contribution is 2.36. The number of thioether (sulfide) groups is 1. The van der Waals surface area contributed by atoms with Crippen molar-refractivity contribution in [1.29, 1.82) is 0 Å². The van der Waals surface area contributed by atoms with Crippen LogP contribution in [0.25, 0.3) is 26.7 Å². The van der Waals surface area contributed by atoms with Gasteiger partial charge in [-0.05, 0) is 59.7 Å². The molecule has 6 rings (SSSR count). The molecule has 33 heavy (non-hydrogen) atoms. The van der Waals surface area contributed by atoms with Gasteiger partial charge in [0.05, 0.1) is 11.1 Å². The Balaban J connectivity index is 1.52. The summed E-state index contributed by atoms with van der Waals surface area (Å²) in [7, 11) is 0. The number of nitrogens with zero attached hydrogens (tertiary/aromatic N) is 2. The summed E-state index contributed by atoms with van der Waals surface area (Å²) in [4.78, 5) is 20.8. The Bertz CT molecular complexity index is 1570. The Morgan fingerprint density at radius 1 is 0.970 bits per heavy atom. The number of aryl methyl sites for hydroxylation is 2. The third kappa shape index (κ3) is 3.58. The predicted octanol–water partition coefficient (Wildman–Crippen LogP) is 6.91. The van der Waals surface area contributed by atoms with Gasteiger partial charge < -0.3 is 0 Å². The van der Waals surface area contributed by atoms with Gasteiger partial charge in [-0.25, -0.2) is 9.37 Å². The van der Waals surface area contributed by atoms with E-state index in [1.807, 2.05) is 18.2 Å². The van der Waals surface area contributed by atoms with E-state index < -0.39 is 5.82 Å². The van der Waals surface area contributed by atoms with Crippen molar-refractivity contribution >= 4 is 44.1 Å². The maximum atomic E-state index is 14.9. The molecule has 0 atom stereocenters. The number of hydrogen-bond donors (Lipinski definition) is 0. The van der Waals surface area contributed by atoms with Gasteiger partial charge in [0.25, 0.3) is 5.56 Å². The first kappa shape index (κ1) is 20.6. The molecule has 0 saturated heterocycles. The molecule has 0 spiro atoms. The van der Waals surface area contributed by atoms with Crippen molar-refractivity contribution in [1.82, 2.24) is 9.55 Å². The number of hydrogen-bond acceptors (Lipinski definition) is 4. The van der Waals surface area contributed by atoms with Gasteiger partial charge in [0, 0.05) is 10.6 Å². The number of halogens is 1. The van der Waals surface area contributed by atoms with E-state index >= 15 is 0 Å². The summed E-state index contributed by atoms with van der Waals surface area (Å²) in [5.41, 5.74) is 2.38. The van der Waals surface area contributed by atoms with Crippen LogP contribution in [0.1, 0.15) is 28.8 Å². The number of rotatable bonds is 4. The second-order valence-electron chi connectivity index (χ2n) is 8.30. The molecule has 5 aromatic rings. The van der Waals surface area contributed by atoms with Crippen LogP contribution in [0.2, 0.25) is 0 Å². The van der Waals surface area contributed by atoms with E-state index in [0.717, 1.165) is 41.6 Å². The van der Waals surface area contributed by atoms with Crippen molar-refractivity contribution in [3.63, 3.8) is 0 Å². The fourth-order valence-electron chi connectivity index (χ4n) is 4.69. The minimum absolute atomic E-state index is 0.162. The smallest absolute Gasteiger partial charge is 0.267 e. The second-order valence-corrected chi connectivity index (χ2v) is 10.3. The van der Waals surface area contributed by atoms with Gasteiger partial charge >= 0.3 is 0 Å². The van der Waals surface area contributed by atoms with E-state index in [-0.39, 0.29) is 11.2 Å². The summed E-state index contributed by atoms with van der Waals surface area (Å²) in [5, 5.41) is 3.56. The molecule has 2 heterocycles. The van der Waals surface area contributed by atoms with Crippen molar-refractivity contribution in [3.05, 3.63) is 98.9 Å². The first-order valence-electron chi connectivity index (χ1n) is 11.1. The molecule has 3 aromatic carbocycles. The molecule has 0 saturated carbocycles. The molecule has 0 amide bonds. The monoisotopic (exact) mass is 472 g/mol. The topological polar surface area (TPSA) is 34.9 Å². The second kappa shape index (κ2) is 8.43. The van der Waals surface area contributed by atoms with Crippen LogP contribution < -0.4 is 5.56 Å². The van der Waals surface area contributed by atoms with Crippen LogP contribution in [0.4, 0.5) is 4.39 Å². The third-order valence-electron chi connectivity index (χ3n) is 6.29. The minimum Gasteiger partial charge on any atom is -0.268 e. The third-order valence-corrected chi connectivity index (χ3v) is 8.46. The molecule has 3 nitrogen and oxygen atoms in total. The number of aromatic nitrogens is 2. The molecule has 1 aliphatic carbocycles. The van der Waals surface area contributed by atoms with Crippen LogP contribution in [0, 0.1) is 5.82 Å². The van der Waals surface area contributed by atoms with E-state index in [2.05, 4.69) is 24.3 Å². The quantitative estimate of drug-likeness (QED) is 0.211. The SMILES string of the molecule is O=c1c2c3c(sc2nc(SCc2cccc4ccccc24)n1-c1ccccc1F)CCCC3. The zero-order valence-corrected chi connectivity index (χ0v) is 19.5. The summed E-state index contributed by atoms with van der Waals surface area (Å²) in [6.07, 6.45) is 4.11. The normalized spacial score (nSPS) is 13.5. The highest BCUT2D eigenvalue weighted by Gasteiger charge is 2.24. The lowest BCUT2D eigenvalue weighted by atomic mass is 9.97. The average Bonchev–Trinajstić information content (AvgIpc) is 3.22. The Hall–Kier alpha value is -2.96. The minimum atomic E-state index is -0.420. The van der Waals surface area contributed by atoms with Crippen molar-refractivity contribution < 1.29 is 4.39 Å². The maximum Gasteiger partial charge on any atom is 0.267 e. The molecule has 0 N–H and O–H groups in total. The van der Waals surface area contributed by atoms with Gasteiger partial charge in [0.15, 0.2) is 5.16 Å². The highest BCUT2D eigenvalue weighted by atomic mass is 32.2. The molecule has 0 bridgehead atoms. The number of fused-ring (bicyclic) bond motifs is 4. The lowest BCUT2D eigenvalue weighted by molar-refractivity contribution is 0.608. The summed E-state index contributed by atoms with van der Waals surface area (Å²) in [6, 6.07) is 21.0. The summed E-state index contributed by atoms with van der Waals surface area (Å²) < 4.78 is 16.4. The highest BCUT2D eigenvalue weighted by molar-refractivity contribution is 7.98. The first-order valence-corrected chi connectivity index (χ1v) is 12.9. The maximum absolute atomic E-state index is 14.9. The molecule has 0 fully saturated rings. The van der Waals surface area contributed by atoms with Crippen molar-refractivity contribution in [2.24, 2.45) is 0 Å². The van der Waals surface area contributed by atoms with Crippen LogP contribution in [0.5, 0.6) is 0 Å². The van der Waals surface area contributed by atoms with Crippen molar-refractivity contribution in [3.8, 4) is 5.69 Å². The average molecular weight is 473 g/mol. The molecular weight excluding hydrogens is 451 g/mol. The van der Waals surface area contributed by atoms with Gasteiger partial charge in [-0.15, -0.1) is 11.3 Å². The molecule has 2 aromatic heterocycles. The fraction of sp³-hybridized carbons (Fsp3) is 0.185. The van der Waals surface area contributed by atoms with Gasteiger partial charge in [-0.2, -0.15) is 0 Å². The molecule has 0 unspecified atom stereocenters. The Morgan fingerprint density at radius 2 is 1.76 bits per heavy atom. The predicted molar refractivity (Wildman–Crippen MR) is 135 cm³/mol. The van der Waals surface area contributed by atoms with Gasteiger partial charge in [0.2, 0.25) is 0 Å². The largest absolute Gasteiger partial charge is 0.268 e. The molecule has 1 aliphatic rings. The van der Waals surface area contributed by atoms with Gasteiger partial charge in [-0.1, -0.05) is 66.4 Å². The van der Waals surface area contributed by atoms with Crippen LogP contribution in [0.3, 0.4) is 0 Å². The van der Waals surface area contributed by atoms with Crippen LogP contribution in [-0.2, 0) is 18.6 Å². The van der Waals surface area contributed by atoms with E-state index in [4.69, 9.17) is 4.98 Å². The lowest BCUT2D eigenvalue weighted by Gasteiger charge is -2.14. The lowest BCUT2D eigenvalue weighted by Crippen LogP contribution is -2.23. The number of thiophene rings is 1. The fourth-order valence-corrected chi connectivity index (χ4v) is 7.00. The van der Waals surface area contributed by atoms with Crippen LogP contribution in [-0.4, -0.2) is 9.55 Å². The molecule has 0 aliphatic heterocycles.